The number of hydrogen-bond donors (Lipinski definition) is 2. The van der Waals surface area contributed by atoms with E-state index in [0.717, 1.165) is 5.69 Å². The van der Waals surface area contributed by atoms with Crippen molar-refractivity contribution in [3.63, 3.8) is 0 Å². The molecule has 0 saturated heterocycles. The van der Waals surface area contributed by atoms with Gasteiger partial charge in [-0.3, -0.25) is 5.43 Å². The van der Waals surface area contributed by atoms with Gasteiger partial charge in [0.1, 0.15) is 17.2 Å². The minimum atomic E-state index is 0.287. The van der Waals surface area contributed by atoms with Gasteiger partial charge in [-0.1, -0.05) is 0 Å². The summed E-state index contributed by atoms with van der Waals surface area (Å²) >= 11 is 0. The van der Waals surface area contributed by atoms with Crippen LogP contribution in [0, 0.1) is 6.92 Å². The van der Waals surface area contributed by atoms with Gasteiger partial charge in [0.15, 0.2) is 0 Å². The van der Waals surface area contributed by atoms with Crippen LogP contribution in [0.3, 0.4) is 0 Å². The molecule has 0 spiro atoms. The number of aryl methyl sites for hydroxylation is 1. The molecule has 20 heavy (non-hydrogen) atoms. The molecule has 106 valence electrons. The molecular weight excluding hydrogens is 260 g/mol. The minimum absolute atomic E-state index is 0.287. The molecule has 0 aliphatic rings. The number of hydrogen-bond acceptors (Lipinski definition) is 7. The van der Waals surface area contributed by atoms with E-state index in [-0.39, 0.29) is 5.95 Å². The Bertz CT molecular complexity index is 582. The zero-order chi connectivity index (χ0) is 14.5. The van der Waals surface area contributed by atoms with E-state index >= 15 is 0 Å². The van der Waals surface area contributed by atoms with Gasteiger partial charge in [-0.2, -0.15) is 4.98 Å². The molecule has 0 aliphatic heterocycles. The first-order chi connectivity index (χ1) is 9.64. The summed E-state index contributed by atoms with van der Waals surface area (Å²) in [7, 11) is 3.15. The summed E-state index contributed by atoms with van der Waals surface area (Å²) in [6.45, 7) is 1.82. The predicted octanol–water partition coefficient (Wildman–Crippen LogP) is 1.88. The SMILES string of the molecule is COc1cc(OC)cc(Oc2cc(C)nc(NN)n2)c1. The second-order valence-corrected chi connectivity index (χ2v) is 3.97. The van der Waals surface area contributed by atoms with E-state index in [1.807, 2.05) is 6.92 Å². The van der Waals surface area contributed by atoms with Gasteiger partial charge in [-0.15, -0.1) is 0 Å². The highest BCUT2D eigenvalue weighted by Crippen LogP contribution is 2.30. The van der Waals surface area contributed by atoms with Crippen LogP contribution < -0.4 is 25.5 Å². The molecule has 2 rings (SSSR count). The number of hydrazine groups is 1. The number of rotatable bonds is 5. The molecule has 1 heterocycles. The van der Waals surface area contributed by atoms with Gasteiger partial charge in [0.05, 0.1) is 14.2 Å². The van der Waals surface area contributed by atoms with Crippen molar-refractivity contribution in [3.8, 4) is 23.1 Å². The van der Waals surface area contributed by atoms with Crippen LogP contribution in [0.5, 0.6) is 23.1 Å². The lowest BCUT2D eigenvalue weighted by molar-refractivity contribution is 0.385. The summed E-state index contributed by atoms with van der Waals surface area (Å²) in [5.41, 5.74) is 3.12. The lowest BCUT2D eigenvalue weighted by Gasteiger charge is -2.10. The Labute approximate surface area is 116 Å². The van der Waals surface area contributed by atoms with Crippen molar-refractivity contribution in [1.82, 2.24) is 9.97 Å². The fourth-order valence-corrected chi connectivity index (χ4v) is 1.62. The van der Waals surface area contributed by atoms with E-state index in [9.17, 15) is 0 Å². The Kier molecular flexibility index (Phi) is 4.21. The van der Waals surface area contributed by atoms with E-state index in [2.05, 4.69) is 15.4 Å². The lowest BCUT2D eigenvalue weighted by Crippen LogP contribution is -2.11. The molecule has 0 unspecified atom stereocenters. The maximum absolute atomic E-state index is 5.68. The molecule has 0 bridgehead atoms. The normalized spacial score (nSPS) is 10.0. The fraction of sp³-hybridized carbons (Fsp3) is 0.231. The number of methoxy groups -OCH3 is 2. The zero-order valence-electron chi connectivity index (χ0n) is 11.5. The largest absolute Gasteiger partial charge is 0.496 e. The lowest BCUT2D eigenvalue weighted by atomic mass is 10.3. The van der Waals surface area contributed by atoms with Crippen LogP contribution >= 0.6 is 0 Å². The Balaban J connectivity index is 2.31. The summed E-state index contributed by atoms with van der Waals surface area (Å²) in [6, 6.07) is 6.92. The van der Waals surface area contributed by atoms with E-state index in [0.29, 0.717) is 23.1 Å². The monoisotopic (exact) mass is 276 g/mol. The molecular formula is C13H16N4O3. The van der Waals surface area contributed by atoms with Crippen molar-refractivity contribution in [1.29, 1.82) is 0 Å². The predicted molar refractivity (Wildman–Crippen MR) is 74.2 cm³/mol. The number of nitrogens with two attached hydrogens (primary N) is 1. The number of nitrogens with zero attached hydrogens (tertiary/aromatic N) is 2. The Morgan fingerprint density at radius 3 is 2.10 bits per heavy atom. The van der Waals surface area contributed by atoms with Crippen LogP contribution in [-0.2, 0) is 0 Å². The van der Waals surface area contributed by atoms with Crippen LogP contribution in [0.25, 0.3) is 0 Å². The van der Waals surface area contributed by atoms with E-state index in [4.69, 9.17) is 20.1 Å². The third-order valence-corrected chi connectivity index (χ3v) is 2.51. The zero-order valence-corrected chi connectivity index (χ0v) is 11.5. The van der Waals surface area contributed by atoms with E-state index < -0.39 is 0 Å². The Morgan fingerprint density at radius 1 is 0.950 bits per heavy atom. The van der Waals surface area contributed by atoms with Gasteiger partial charge in [-0.05, 0) is 6.92 Å². The second kappa shape index (κ2) is 6.07. The van der Waals surface area contributed by atoms with Crippen molar-refractivity contribution < 1.29 is 14.2 Å². The molecule has 0 amide bonds. The highest BCUT2D eigenvalue weighted by molar-refractivity contribution is 5.43. The number of aromatic nitrogens is 2. The third kappa shape index (κ3) is 3.27. The molecule has 0 saturated carbocycles. The van der Waals surface area contributed by atoms with Crippen molar-refractivity contribution in [2.45, 2.75) is 6.92 Å². The van der Waals surface area contributed by atoms with Gasteiger partial charge in [0.25, 0.3) is 0 Å². The Hall–Kier alpha value is -2.54. The van der Waals surface area contributed by atoms with Crippen LogP contribution in [0.2, 0.25) is 0 Å². The number of nitrogen functional groups attached to an aromatic ring is 1. The smallest absolute Gasteiger partial charge is 0.240 e. The van der Waals surface area contributed by atoms with Crippen molar-refractivity contribution in [3.05, 3.63) is 30.0 Å². The first-order valence-electron chi connectivity index (χ1n) is 5.88. The van der Waals surface area contributed by atoms with Crippen LogP contribution in [0.15, 0.2) is 24.3 Å². The summed E-state index contributed by atoms with van der Waals surface area (Å²) in [4.78, 5) is 8.19. The van der Waals surface area contributed by atoms with E-state index in [1.165, 1.54) is 0 Å². The Morgan fingerprint density at radius 2 is 1.55 bits per heavy atom. The van der Waals surface area contributed by atoms with Gasteiger partial charge in [0.2, 0.25) is 11.8 Å². The standard InChI is InChI=1S/C13H16N4O3/c1-8-4-12(16-13(15-8)17-14)20-11-6-9(18-2)5-10(7-11)19-3/h4-7H,14H2,1-3H3,(H,15,16,17). The first kappa shape index (κ1) is 13.9. The van der Waals surface area contributed by atoms with E-state index in [1.54, 1.807) is 38.5 Å². The summed E-state index contributed by atoms with van der Waals surface area (Å²) in [6.07, 6.45) is 0. The van der Waals surface area contributed by atoms with Crippen LogP contribution in [0.1, 0.15) is 5.69 Å². The highest BCUT2D eigenvalue weighted by atomic mass is 16.5. The summed E-state index contributed by atoms with van der Waals surface area (Å²) in [5, 5.41) is 0. The molecule has 7 nitrogen and oxygen atoms in total. The topological polar surface area (TPSA) is 91.5 Å². The molecule has 7 heteroatoms. The minimum Gasteiger partial charge on any atom is -0.496 e. The van der Waals surface area contributed by atoms with Crippen molar-refractivity contribution in [2.75, 3.05) is 19.6 Å². The number of nitrogens with one attached hydrogen (secondary N) is 1. The van der Waals surface area contributed by atoms with Crippen molar-refractivity contribution >= 4 is 5.95 Å². The molecule has 1 aromatic carbocycles. The van der Waals surface area contributed by atoms with Gasteiger partial charge in [0, 0.05) is 30.0 Å². The number of ether oxygens (including phenoxy) is 3. The molecule has 3 N–H and O–H groups in total. The third-order valence-electron chi connectivity index (χ3n) is 2.51. The summed E-state index contributed by atoms with van der Waals surface area (Å²) in [5.74, 6) is 7.76. The van der Waals surface area contributed by atoms with Crippen LogP contribution in [-0.4, -0.2) is 24.2 Å². The highest BCUT2D eigenvalue weighted by Gasteiger charge is 2.07. The molecule has 2 aromatic rings. The van der Waals surface area contributed by atoms with Crippen LogP contribution in [0.4, 0.5) is 5.95 Å². The average molecular weight is 276 g/mol. The van der Waals surface area contributed by atoms with Crippen molar-refractivity contribution in [2.24, 2.45) is 5.84 Å². The van der Waals surface area contributed by atoms with Gasteiger partial charge < -0.3 is 14.2 Å². The van der Waals surface area contributed by atoms with Gasteiger partial charge in [-0.25, -0.2) is 10.8 Å². The maximum atomic E-state index is 5.68. The second-order valence-electron chi connectivity index (χ2n) is 3.97. The fourth-order valence-electron chi connectivity index (χ4n) is 1.62. The first-order valence-corrected chi connectivity index (χ1v) is 5.88. The molecule has 0 fully saturated rings. The maximum Gasteiger partial charge on any atom is 0.240 e. The molecule has 0 aliphatic carbocycles. The number of anilines is 1. The molecule has 1 aromatic heterocycles. The average Bonchev–Trinajstić information content (AvgIpc) is 2.46. The summed E-state index contributed by atoms with van der Waals surface area (Å²) < 4.78 is 16.0. The van der Waals surface area contributed by atoms with Gasteiger partial charge >= 0.3 is 0 Å². The molecule has 0 atom stereocenters. The quantitative estimate of drug-likeness (QED) is 0.636. The number of benzene rings is 1. The molecule has 0 radical (unpaired) electrons.